The fourth-order valence-corrected chi connectivity index (χ4v) is 5.03. The highest BCUT2D eigenvalue weighted by Crippen LogP contribution is 2.34. The van der Waals surface area contributed by atoms with Gasteiger partial charge in [-0.3, -0.25) is 14.3 Å². The average Bonchev–Trinajstić information content (AvgIpc) is 3.05. The number of nitrogens with one attached hydrogen (secondary N) is 1. The molecule has 1 aliphatic rings. The highest BCUT2D eigenvalue weighted by molar-refractivity contribution is 7.91. The molecule has 8 heteroatoms. The average molecular weight is 396 g/mol. The van der Waals surface area contributed by atoms with E-state index in [2.05, 4.69) is 10.1 Å². The topological polar surface area (TPSA) is 72.7 Å². The Hall–Kier alpha value is -3.13. The lowest BCUT2D eigenvalue weighted by atomic mass is 10.2. The van der Waals surface area contributed by atoms with Crippen molar-refractivity contribution >= 4 is 9.84 Å². The summed E-state index contributed by atoms with van der Waals surface area (Å²) in [5.74, 6) is -0.361. The predicted molar refractivity (Wildman–Crippen MR) is 101 cm³/mol. The molecular formula is C20H17FN4O2S. The summed E-state index contributed by atoms with van der Waals surface area (Å²) in [5.41, 5.74) is 4.65. The van der Waals surface area contributed by atoms with Gasteiger partial charge in [0, 0.05) is 12.5 Å². The number of nitrogens with zero attached hydrogens (tertiary/aromatic N) is 3. The van der Waals surface area contributed by atoms with Gasteiger partial charge in [-0.15, -0.1) is 0 Å². The first-order chi connectivity index (χ1) is 13.4. The molecule has 1 aliphatic heterocycles. The maximum Gasteiger partial charge on any atom is 0.225 e. The third-order valence-corrected chi connectivity index (χ3v) is 6.91. The Morgan fingerprint density at radius 3 is 2.50 bits per heavy atom. The molecule has 3 heterocycles. The summed E-state index contributed by atoms with van der Waals surface area (Å²) in [5, 5.41) is 3.18. The number of aryl methyl sites for hydroxylation is 2. The summed E-state index contributed by atoms with van der Waals surface area (Å²) in [6.45, 7) is 3.81. The lowest BCUT2D eigenvalue weighted by Gasteiger charge is -2.20. The lowest BCUT2D eigenvalue weighted by Crippen LogP contribution is -2.18. The number of halogens is 1. The standard InChI is InChI=1S/C20H17FN4O2S/c1-12-3-6-15(7-4-12)28(26,27)20-19-10-17-13(2)23-25(17)18-9-14(21)5-8-16(18)24(19)11-22-20/h3-9,11,23H,10H2,1-2H3. The van der Waals surface area contributed by atoms with E-state index in [1.54, 1.807) is 39.6 Å². The molecule has 0 saturated heterocycles. The van der Waals surface area contributed by atoms with E-state index < -0.39 is 9.84 Å². The van der Waals surface area contributed by atoms with Crippen LogP contribution in [0.15, 0.2) is 58.7 Å². The molecule has 0 unspecified atom stereocenters. The van der Waals surface area contributed by atoms with Gasteiger partial charge in [0.15, 0.2) is 5.03 Å². The van der Waals surface area contributed by atoms with Gasteiger partial charge in [0.25, 0.3) is 0 Å². The molecule has 142 valence electrons. The molecule has 2 aromatic carbocycles. The van der Waals surface area contributed by atoms with Crippen LogP contribution in [0.3, 0.4) is 0 Å². The summed E-state index contributed by atoms with van der Waals surface area (Å²) in [6.07, 6.45) is 1.87. The SMILES string of the molecule is Cc1ccc(S(=O)(=O)c2ncn3c2Cc2c(C)[nH]n2-c2cc(F)ccc2-3)cc1. The van der Waals surface area contributed by atoms with Crippen molar-refractivity contribution < 1.29 is 12.8 Å². The number of sulfone groups is 1. The predicted octanol–water partition coefficient (Wildman–Crippen LogP) is 3.48. The molecule has 0 spiro atoms. The first-order valence-electron chi connectivity index (χ1n) is 8.81. The second-order valence-electron chi connectivity index (χ2n) is 7.01. The van der Waals surface area contributed by atoms with E-state index in [1.807, 2.05) is 13.8 Å². The largest absolute Gasteiger partial charge is 0.299 e. The highest BCUT2D eigenvalue weighted by atomic mass is 32.2. The first-order valence-corrected chi connectivity index (χ1v) is 10.3. The van der Waals surface area contributed by atoms with Crippen LogP contribution in [0, 0.1) is 19.7 Å². The molecule has 0 bridgehead atoms. The maximum atomic E-state index is 13.9. The number of benzene rings is 2. The van der Waals surface area contributed by atoms with Crippen molar-refractivity contribution in [2.75, 3.05) is 0 Å². The molecule has 0 atom stereocenters. The van der Waals surface area contributed by atoms with Crippen LogP contribution in [0.2, 0.25) is 0 Å². The third-order valence-electron chi connectivity index (χ3n) is 5.17. The fourth-order valence-electron chi connectivity index (χ4n) is 3.65. The van der Waals surface area contributed by atoms with Crippen LogP contribution in [-0.4, -0.2) is 27.7 Å². The van der Waals surface area contributed by atoms with Gasteiger partial charge >= 0.3 is 0 Å². The molecule has 4 aromatic rings. The minimum absolute atomic E-state index is 0.0284. The minimum atomic E-state index is -3.78. The lowest BCUT2D eigenvalue weighted by molar-refractivity contribution is 0.591. The zero-order valence-electron chi connectivity index (χ0n) is 15.3. The molecule has 6 nitrogen and oxygen atoms in total. The van der Waals surface area contributed by atoms with Crippen LogP contribution in [0.25, 0.3) is 11.4 Å². The van der Waals surface area contributed by atoms with E-state index in [4.69, 9.17) is 0 Å². The summed E-state index contributed by atoms with van der Waals surface area (Å²) in [6, 6.07) is 11.1. The van der Waals surface area contributed by atoms with Crippen molar-refractivity contribution in [3.8, 4) is 11.4 Å². The van der Waals surface area contributed by atoms with Crippen molar-refractivity contribution in [2.45, 2.75) is 30.2 Å². The Bertz CT molecular complexity index is 1330. The molecular weight excluding hydrogens is 379 g/mol. The highest BCUT2D eigenvalue weighted by Gasteiger charge is 2.31. The Kier molecular flexibility index (Phi) is 3.45. The van der Waals surface area contributed by atoms with E-state index in [9.17, 15) is 12.8 Å². The second-order valence-corrected chi connectivity index (χ2v) is 8.88. The van der Waals surface area contributed by atoms with E-state index >= 15 is 0 Å². The van der Waals surface area contributed by atoms with Crippen molar-refractivity contribution in [1.29, 1.82) is 0 Å². The second kappa shape index (κ2) is 5.68. The van der Waals surface area contributed by atoms with Gasteiger partial charge in [0.2, 0.25) is 9.84 Å². The molecule has 0 fully saturated rings. The van der Waals surface area contributed by atoms with E-state index in [1.165, 1.54) is 18.5 Å². The van der Waals surface area contributed by atoms with Crippen molar-refractivity contribution in [3.05, 3.63) is 77.3 Å². The van der Waals surface area contributed by atoms with Crippen LogP contribution < -0.4 is 0 Å². The summed E-state index contributed by atoms with van der Waals surface area (Å²) < 4.78 is 43.9. The van der Waals surface area contributed by atoms with Crippen LogP contribution >= 0.6 is 0 Å². The van der Waals surface area contributed by atoms with Gasteiger partial charge in [-0.1, -0.05) is 17.7 Å². The minimum Gasteiger partial charge on any atom is -0.299 e. The Balaban J connectivity index is 1.75. The monoisotopic (exact) mass is 396 g/mol. The number of rotatable bonds is 2. The first kappa shape index (κ1) is 17.0. The number of hydrogen-bond donors (Lipinski definition) is 1. The zero-order chi connectivity index (χ0) is 19.6. The quantitative estimate of drug-likeness (QED) is 0.496. The van der Waals surface area contributed by atoms with Gasteiger partial charge in [0.1, 0.15) is 12.1 Å². The van der Waals surface area contributed by atoms with Gasteiger partial charge in [-0.2, -0.15) is 0 Å². The molecule has 28 heavy (non-hydrogen) atoms. The van der Waals surface area contributed by atoms with Crippen molar-refractivity contribution in [2.24, 2.45) is 0 Å². The van der Waals surface area contributed by atoms with E-state index in [0.717, 1.165) is 17.0 Å². The Morgan fingerprint density at radius 2 is 1.79 bits per heavy atom. The number of aromatic amines is 1. The van der Waals surface area contributed by atoms with E-state index in [-0.39, 0.29) is 15.7 Å². The molecule has 0 aliphatic carbocycles. The van der Waals surface area contributed by atoms with Crippen molar-refractivity contribution in [3.63, 3.8) is 0 Å². The van der Waals surface area contributed by atoms with Gasteiger partial charge < -0.3 is 0 Å². The summed E-state index contributed by atoms with van der Waals surface area (Å²) in [4.78, 5) is 4.47. The summed E-state index contributed by atoms with van der Waals surface area (Å²) in [7, 11) is -3.78. The molecule has 0 saturated carbocycles. The van der Waals surface area contributed by atoms with Gasteiger partial charge in [-0.05, 0) is 38.1 Å². The van der Waals surface area contributed by atoms with Crippen molar-refractivity contribution in [1.82, 2.24) is 19.3 Å². The fraction of sp³-hybridized carbons (Fsp3) is 0.150. The number of aromatic nitrogens is 4. The van der Waals surface area contributed by atoms with Crippen LogP contribution in [0.5, 0.6) is 0 Å². The smallest absolute Gasteiger partial charge is 0.225 e. The van der Waals surface area contributed by atoms with E-state index in [0.29, 0.717) is 23.5 Å². The Morgan fingerprint density at radius 1 is 1.04 bits per heavy atom. The van der Waals surface area contributed by atoms with Gasteiger partial charge in [0.05, 0.1) is 33.4 Å². The normalized spacial score (nSPS) is 13.0. The molecule has 1 N–H and O–H groups in total. The Labute approximate surface area is 161 Å². The zero-order valence-corrected chi connectivity index (χ0v) is 16.1. The van der Waals surface area contributed by atoms with Crippen LogP contribution in [0.1, 0.15) is 22.6 Å². The maximum absolute atomic E-state index is 13.9. The molecule has 5 rings (SSSR count). The molecule has 0 amide bonds. The third kappa shape index (κ3) is 2.31. The molecule has 0 radical (unpaired) electrons. The number of imidazole rings is 1. The number of H-pyrrole nitrogens is 1. The van der Waals surface area contributed by atoms with Crippen LogP contribution in [-0.2, 0) is 16.3 Å². The summed E-state index contributed by atoms with van der Waals surface area (Å²) >= 11 is 0. The number of fused-ring (bicyclic) bond motifs is 5. The number of hydrogen-bond acceptors (Lipinski definition) is 3. The van der Waals surface area contributed by atoms with Crippen LogP contribution in [0.4, 0.5) is 4.39 Å². The molecule has 2 aromatic heterocycles. The van der Waals surface area contributed by atoms with Gasteiger partial charge in [-0.25, -0.2) is 17.8 Å².